The number of fused-ring (bicyclic) bond motifs is 15. The molecule has 0 amide bonds. The van der Waals surface area contributed by atoms with E-state index in [4.69, 9.17) is 9.40 Å². The fourth-order valence-electron chi connectivity index (χ4n) is 10.1. The summed E-state index contributed by atoms with van der Waals surface area (Å²) in [5, 5.41) is 2.97. The Kier molecular flexibility index (Phi) is 7.36. The van der Waals surface area contributed by atoms with Crippen LogP contribution in [0, 0.1) is 20.8 Å². The molecule has 2 aliphatic rings. The first-order valence-electron chi connectivity index (χ1n) is 20.5. The largest absolute Gasteiger partial charge is 0.422 e. The van der Waals surface area contributed by atoms with E-state index in [2.05, 4.69) is 178 Å². The number of benzene rings is 8. The SMILES string of the molecule is Cc1cc2c(cc1-c1c(C)ccc3c1oc1nc4ccccc4n13)[Si](C)(C)c1ccc(C)c(-c3ccc4c(c3)-c3ccccc3-c3ccccc3-c3ccccc3-4)c1S2. The van der Waals surface area contributed by atoms with Crippen molar-refractivity contribution in [2.24, 2.45) is 0 Å². The molecule has 0 fully saturated rings. The first kappa shape index (κ1) is 34.6. The maximum absolute atomic E-state index is 6.66. The van der Waals surface area contributed by atoms with Gasteiger partial charge in [0.2, 0.25) is 0 Å². The molecule has 2 aromatic heterocycles. The van der Waals surface area contributed by atoms with Crippen molar-refractivity contribution in [1.82, 2.24) is 9.38 Å². The molecule has 3 nitrogen and oxygen atoms in total. The van der Waals surface area contributed by atoms with Crippen molar-refractivity contribution in [3.8, 4) is 66.8 Å². The second-order valence-electron chi connectivity index (χ2n) is 16.8. The molecule has 59 heavy (non-hydrogen) atoms. The minimum absolute atomic E-state index is 0.636. The average Bonchev–Trinajstić information content (AvgIpc) is 3.79. The number of para-hydroxylation sites is 2. The van der Waals surface area contributed by atoms with E-state index in [0.29, 0.717) is 5.84 Å². The van der Waals surface area contributed by atoms with Gasteiger partial charge in [0.25, 0.3) is 0 Å². The molecule has 0 atom stereocenters. The maximum atomic E-state index is 6.66. The molecule has 8 aromatic carbocycles. The Hall–Kier alpha value is -6.40. The number of rotatable bonds is 2. The van der Waals surface area contributed by atoms with Crippen molar-refractivity contribution >= 4 is 58.2 Å². The fourth-order valence-corrected chi connectivity index (χ4v) is 15.8. The number of imidazole rings is 1. The average molecular weight is 793 g/mol. The molecular weight excluding hydrogens is 753 g/mol. The lowest BCUT2D eigenvalue weighted by atomic mass is 9.80. The zero-order valence-electron chi connectivity index (χ0n) is 33.6. The van der Waals surface area contributed by atoms with Gasteiger partial charge in [0.15, 0.2) is 5.58 Å². The van der Waals surface area contributed by atoms with E-state index in [1.54, 1.807) is 0 Å². The summed E-state index contributed by atoms with van der Waals surface area (Å²) in [4.78, 5) is 7.64. The summed E-state index contributed by atoms with van der Waals surface area (Å²) in [5.41, 5.74) is 22.9. The lowest BCUT2D eigenvalue weighted by molar-refractivity contribution is 0.644. The number of oxazole rings is 1. The van der Waals surface area contributed by atoms with E-state index in [0.717, 1.165) is 27.7 Å². The summed E-state index contributed by atoms with van der Waals surface area (Å²) in [6.07, 6.45) is 0. The molecule has 0 saturated carbocycles. The molecule has 0 radical (unpaired) electrons. The van der Waals surface area contributed by atoms with Gasteiger partial charge in [-0.2, -0.15) is 4.98 Å². The van der Waals surface area contributed by atoms with Crippen molar-refractivity contribution < 1.29 is 4.42 Å². The van der Waals surface area contributed by atoms with Crippen LogP contribution in [0.4, 0.5) is 0 Å². The zero-order valence-corrected chi connectivity index (χ0v) is 35.5. The Balaban J connectivity index is 1.03. The summed E-state index contributed by atoms with van der Waals surface area (Å²) in [6.45, 7) is 11.8. The number of nitrogens with zero attached hydrogens (tertiary/aromatic N) is 2. The summed E-state index contributed by atoms with van der Waals surface area (Å²) in [5.74, 6) is 0.636. The maximum Gasteiger partial charge on any atom is 0.307 e. The summed E-state index contributed by atoms with van der Waals surface area (Å²) in [6, 6.07) is 56.4. The topological polar surface area (TPSA) is 30.4 Å². The van der Waals surface area contributed by atoms with E-state index in [-0.39, 0.29) is 0 Å². The van der Waals surface area contributed by atoms with Crippen LogP contribution in [0.2, 0.25) is 13.1 Å². The molecule has 282 valence electrons. The minimum atomic E-state index is -2.20. The third-order valence-electron chi connectivity index (χ3n) is 13.1. The molecule has 0 unspecified atom stereocenters. The highest BCUT2D eigenvalue weighted by atomic mass is 32.2. The molecule has 0 saturated heterocycles. The smallest absolute Gasteiger partial charge is 0.307 e. The van der Waals surface area contributed by atoms with E-state index in [9.17, 15) is 0 Å². The third kappa shape index (κ3) is 4.92. The Morgan fingerprint density at radius 3 is 1.75 bits per heavy atom. The Morgan fingerprint density at radius 2 is 1.07 bits per heavy atom. The summed E-state index contributed by atoms with van der Waals surface area (Å²) < 4.78 is 8.82. The first-order valence-corrected chi connectivity index (χ1v) is 24.3. The van der Waals surface area contributed by atoms with Gasteiger partial charge in [0, 0.05) is 15.4 Å². The standard InChI is InChI=1S/C54H40N2OSSi/c1-31-23-27-48-53(50(31)34-24-25-41-39-18-9-8-16-37(39)35-14-6-7-15-36(35)38-17-10-11-19-40(38)43(41)29-34)58-47-28-33(3)42(30-49(47)59(48,4)5)51-32(2)22-26-46-52(51)57-54-55-44-20-12-13-21-45(44)56(46)54/h6-30H,1-5H3. The van der Waals surface area contributed by atoms with Gasteiger partial charge in [-0.05, 0) is 139 Å². The molecule has 0 bridgehead atoms. The highest BCUT2D eigenvalue weighted by Crippen LogP contribution is 2.50. The molecule has 1 aliphatic carbocycles. The second kappa shape index (κ2) is 12.5. The van der Waals surface area contributed by atoms with Crippen LogP contribution in [-0.2, 0) is 0 Å². The highest BCUT2D eigenvalue weighted by molar-refractivity contribution is 8.00. The lowest BCUT2D eigenvalue weighted by Gasteiger charge is -2.35. The third-order valence-corrected chi connectivity index (χ3v) is 18.2. The van der Waals surface area contributed by atoms with Crippen LogP contribution in [0.3, 0.4) is 0 Å². The van der Waals surface area contributed by atoms with Gasteiger partial charge in [-0.1, -0.05) is 146 Å². The van der Waals surface area contributed by atoms with Crippen LogP contribution >= 0.6 is 11.8 Å². The van der Waals surface area contributed by atoms with Crippen molar-refractivity contribution in [2.45, 2.75) is 43.7 Å². The number of aromatic nitrogens is 2. The lowest BCUT2D eigenvalue weighted by Crippen LogP contribution is -2.56. The zero-order chi connectivity index (χ0) is 39.7. The Labute approximate surface area is 349 Å². The van der Waals surface area contributed by atoms with Gasteiger partial charge >= 0.3 is 5.84 Å². The molecule has 0 N–H and O–H groups in total. The monoisotopic (exact) mass is 792 g/mol. The van der Waals surface area contributed by atoms with Crippen molar-refractivity contribution in [3.63, 3.8) is 0 Å². The molecule has 0 spiro atoms. The number of aryl methyl sites for hydroxylation is 3. The Morgan fingerprint density at radius 1 is 0.492 bits per heavy atom. The molecule has 10 aromatic rings. The second-order valence-corrected chi connectivity index (χ2v) is 22.2. The van der Waals surface area contributed by atoms with Gasteiger partial charge < -0.3 is 4.42 Å². The molecular formula is C54H40N2OSSi. The van der Waals surface area contributed by atoms with Gasteiger partial charge in [0.05, 0.1) is 16.6 Å². The minimum Gasteiger partial charge on any atom is -0.422 e. The fraction of sp³-hybridized carbons (Fsp3) is 0.0926. The summed E-state index contributed by atoms with van der Waals surface area (Å²) in [7, 11) is -2.20. The van der Waals surface area contributed by atoms with Crippen LogP contribution in [0.15, 0.2) is 166 Å². The van der Waals surface area contributed by atoms with E-state index in [1.807, 2.05) is 23.9 Å². The molecule has 1 aliphatic heterocycles. The number of hydrogen-bond donors (Lipinski definition) is 0. The van der Waals surface area contributed by atoms with Crippen LogP contribution in [0.25, 0.3) is 94.7 Å². The van der Waals surface area contributed by atoms with Crippen LogP contribution in [0.1, 0.15) is 16.7 Å². The van der Waals surface area contributed by atoms with E-state index >= 15 is 0 Å². The van der Waals surface area contributed by atoms with Gasteiger partial charge in [-0.15, -0.1) is 0 Å². The summed E-state index contributed by atoms with van der Waals surface area (Å²) >= 11 is 1.96. The first-order chi connectivity index (χ1) is 28.8. The van der Waals surface area contributed by atoms with Crippen molar-refractivity contribution in [1.29, 1.82) is 0 Å². The van der Waals surface area contributed by atoms with Gasteiger partial charge in [-0.3, -0.25) is 4.40 Å². The molecule has 12 rings (SSSR count). The van der Waals surface area contributed by atoms with E-state index in [1.165, 1.54) is 98.1 Å². The van der Waals surface area contributed by atoms with Crippen LogP contribution < -0.4 is 10.4 Å². The predicted molar refractivity (Wildman–Crippen MR) is 250 cm³/mol. The molecule has 5 heteroatoms. The quantitative estimate of drug-likeness (QED) is 0.163. The van der Waals surface area contributed by atoms with Gasteiger partial charge in [0.1, 0.15) is 8.07 Å². The molecule has 3 heterocycles. The van der Waals surface area contributed by atoms with E-state index < -0.39 is 8.07 Å². The van der Waals surface area contributed by atoms with Crippen LogP contribution in [0.5, 0.6) is 0 Å². The normalized spacial score (nSPS) is 13.6. The Bertz CT molecular complexity index is 3440. The van der Waals surface area contributed by atoms with Crippen molar-refractivity contribution in [3.05, 3.63) is 168 Å². The van der Waals surface area contributed by atoms with Crippen molar-refractivity contribution in [2.75, 3.05) is 0 Å². The highest BCUT2D eigenvalue weighted by Gasteiger charge is 2.38. The van der Waals surface area contributed by atoms with Gasteiger partial charge in [-0.25, -0.2) is 0 Å². The number of hydrogen-bond acceptors (Lipinski definition) is 3. The van der Waals surface area contributed by atoms with Crippen LogP contribution in [-0.4, -0.2) is 17.5 Å². The predicted octanol–water partition coefficient (Wildman–Crippen LogP) is 13.8.